The fraction of sp³-hybridized carbons (Fsp3) is 0.263. The molecule has 28 heavy (non-hydrogen) atoms. The molecule has 0 bridgehead atoms. The minimum Gasteiger partial charge on any atom is -0.337 e. The molecule has 1 aromatic carbocycles. The number of aromatic nitrogens is 2. The summed E-state index contributed by atoms with van der Waals surface area (Å²) >= 11 is 6.16. The van der Waals surface area contributed by atoms with Crippen LogP contribution in [0.5, 0.6) is 0 Å². The molecule has 2 aromatic heterocycles. The number of thiophene rings is 1. The van der Waals surface area contributed by atoms with Gasteiger partial charge in [0.15, 0.2) is 0 Å². The number of amides is 2. The van der Waals surface area contributed by atoms with E-state index in [1.165, 1.54) is 22.7 Å². The molecule has 0 aliphatic carbocycles. The van der Waals surface area contributed by atoms with E-state index >= 15 is 0 Å². The van der Waals surface area contributed by atoms with Crippen LogP contribution in [0.1, 0.15) is 29.4 Å². The number of carbonyl (C=O) groups is 2. The number of halogens is 1. The molecule has 3 aromatic rings. The summed E-state index contributed by atoms with van der Waals surface area (Å²) in [6.07, 6.45) is 1.05. The lowest BCUT2D eigenvalue weighted by Crippen LogP contribution is -2.34. The lowest BCUT2D eigenvalue weighted by molar-refractivity contribution is -0.116. The van der Waals surface area contributed by atoms with Gasteiger partial charge >= 0.3 is 0 Å². The Morgan fingerprint density at radius 2 is 2.04 bits per heavy atom. The Morgan fingerprint density at radius 3 is 2.75 bits per heavy atom. The quantitative estimate of drug-likeness (QED) is 0.498. The minimum absolute atomic E-state index is 0.0301. The maximum absolute atomic E-state index is 12.5. The fourth-order valence-corrected chi connectivity index (χ4v) is 4.42. The van der Waals surface area contributed by atoms with Gasteiger partial charge in [0.05, 0.1) is 4.88 Å². The molecule has 0 saturated carbocycles. The second-order valence-corrected chi connectivity index (χ2v) is 8.83. The Bertz CT molecular complexity index is 943. The summed E-state index contributed by atoms with van der Waals surface area (Å²) in [7, 11) is 0. The summed E-state index contributed by atoms with van der Waals surface area (Å²) in [4.78, 5) is 27.3. The van der Waals surface area contributed by atoms with Crippen molar-refractivity contribution in [2.24, 2.45) is 0 Å². The third kappa shape index (κ3) is 5.46. The number of anilines is 1. The Labute approximate surface area is 179 Å². The summed E-state index contributed by atoms with van der Waals surface area (Å²) in [5.74, 6) is -0.213. The maximum atomic E-state index is 12.5. The van der Waals surface area contributed by atoms with Crippen molar-refractivity contribution in [2.45, 2.75) is 19.8 Å². The third-order valence-corrected chi connectivity index (χ3v) is 6.10. The Kier molecular flexibility index (Phi) is 7.30. The monoisotopic (exact) mass is 478 g/mol. The Balaban J connectivity index is 1.57. The molecule has 0 fully saturated rings. The third-order valence-electron chi connectivity index (χ3n) is 3.86. The van der Waals surface area contributed by atoms with Gasteiger partial charge in [0, 0.05) is 29.5 Å². The zero-order valence-electron chi connectivity index (χ0n) is 15.2. The first-order valence-corrected chi connectivity index (χ1v) is 11.3. The average Bonchev–Trinajstić information content (AvgIpc) is 3.37. The van der Waals surface area contributed by atoms with Crippen LogP contribution in [0.2, 0.25) is 0 Å². The molecule has 2 heterocycles. The van der Waals surface area contributed by atoms with Crippen LogP contribution in [0, 0.1) is 0 Å². The van der Waals surface area contributed by atoms with Crippen molar-refractivity contribution >= 4 is 55.5 Å². The van der Waals surface area contributed by atoms with Crippen molar-refractivity contribution in [3.8, 4) is 10.6 Å². The smallest absolute Gasteiger partial charge is 0.263 e. The van der Waals surface area contributed by atoms with Gasteiger partial charge in [-0.15, -0.1) is 21.5 Å². The molecule has 0 radical (unpaired) electrons. The lowest BCUT2D eigenvalue weighted by Gasteiger charge is -2.21. The number of nitrogens with zero attached hydrogens (tertiary/aromatic N) is 3. The van der Waals surface area contributed by atoms with E-state index in [4.69, 9.17) is 0 Å². The largest absolute Gasteiger partial charge is 0.337 e. The van der Waals surface area contributed by atoms with Crippen LogP contribution in [0.3, 0.4) is 0 Å². The predicted octanol–water partition coefficient (Wildman–Crippen LogP) is 4.91. The second kappa shape index (κ2) is 9.90. The summed E-state index contributed by atoms with van der Waals surface area (Å²) in [5.41, 5.74) is 0.933. The number of hydrogen-bond acceptors (Lipinski definition) is 6. The van der Waals surface area contributed by atoms with Gasteiger partial charge in [0.2, 0.25) is 11.0 Å². The molecule has 1 N–H and O–H groups in total. The molecular formula is C19H19BrN4O2S2. The lowest BCUT2D eigenvalue weighted by atomic mass is 10.2. The highest BCUT2D eigenvalue weighted by molar-refractivity contribution is 9.10. The Hall–Kier alpha value is -2.10. The van der Waals surface area contributed by atoms with Gasteiger partial charge in [-0.25, -0.2) is 0 Å². The van der Waals surface area contributed by atoms with E-state index in [0.717, 1.165) is 21.5 Å². The highest BCUT2D eigenvalue weighted by Crippen LogP contribution is 2.28. The maximum Gasteiger partial charge on any atom is 0.263 e. The summed E-state index contributed by atoms with van der Waals surface area (Å²) in [6, 6.07) is 11.4. The molecule has 6 nitrogen and oxygen atoms in total. The first-order valence-electron chi connectivity index (χ1n) is 8.79. The van der Waals surface area contributed by atoms with Gasteiger partial charge < -0.3 is 10.2 Å². The SMILES string of the molecule is CCCN(CCC(=O)Nc1nnc(-c2cccc(Br)c2)s1)C(=O)c1cccs1. The van der Waals surface area contributed by atoms with Crippen LogP contribution >= 0.6 is 38.6 Å². The van der Waals surface area contributed by atoms with Crippen LogP contribution in [0.25, 0.3) is 10.6 Å². The molecule has 3 rings (SSSR count). The van der Waals surface area contributed by atoms with Crippen LogP contribution in [-0.2, 0) is 4.79 Å². The Morgan fingerprint density at radius 1 is 1.18 bits per heavy atom. The summed E-state index contributed by atoms with van der Waals surface area (Å²) < 4.78 is 0.956. The summed E-state index contributed by atoms with van der Waals surface area (Å²) in [5, 5.41) is 14.0. The molecule has 0 aliphatic rings. The number of nitrogens with one attached hydrogen (secondary N) is 1. The normalized spacial score (nSPS) is 10.6. The van der Waals surface area contributed by atoms with Crippen LogP contribution in [0.15, 0.2) is 46.3 Å². The molecule has 0 atom stereocenters. The standard InChI is InChI=1S/C19H19BrN4O2S2/c1-2-9-24(18(26)15-7-4-11-27-15)10-8-16(25)21-19-23-22-17(28-19)13-5-3-6-14(20)12-13/h3-7,11-12H,2,8-10H2,1H3,(H,21,23,25). The van der Waals surface area contributed by atoms with E-state index < -0.39 is 0 Å². The molecule has 2 amide bonds. The minimum atomic E-state index is -0.183. The highest BCUT2D eigenvalue weighted by Gasteiger charge is 2.17. The molecule has 0 aliphatic heterocycles. The van der Waals surface area contributed by atoms with Crippen molar-refractivity contribution in [1.82, 2.24) is 15.1 Å². The number of benzene rings is 1. The molecule has 9 heteroatoms. The van der Waals surface area contributed by atoms with Gasteiger partial charge in [0.1, 0.15) is 5.01 Å². The van der Waals surface area contributed by atoms with Crippen LogP contribution in [-0.4, -0.2) is 40.0 Å². The van der Waals surface area contributed by atoms with Gasteiger partial charge in [-0.3, -0.25) is 9.59 Å². The molecule has 0 saturated heterocycles. The molecular weight excluding hydrogens is 460 g/mol. The van der Waals surface area contributed by atoms with E-state index in [2.05, 4.69) is 31.4 Å². The van der Waals surface area contributed by atoms with Crippen molar-refractivity contribution < 1.29 is 9.59 Å². The molecule has 0 unspecified atom stereocenters. The van der Waals surface area contributed by atoms with Crippen molar-refractivity contribution in [3.63, 3.8) is 0 Å². The van der Waals surface area contributed by atoms with Crippen LogP contribution < -0.4 is 5.32 Å². The zero-order valence-corrected chi connectivity index (χ0v) is 18.4. The van der Waals surface area contributed by atoms with Gasteiger partial charge in [-0.2, -0.15) is 0 Å². The molecule has 0 spiro atoms. The molecule has 146 valence electrons. The van der Waals surface area contributed by atoms with Crippen molar-refractivity contribution in [1.29, 1.82) is 0 Å². The van der Waals surface area contributed by atoms with E-state index in [-0.39, 0.29) is 18.2 Å². The number of rotatable bonds is 8. The van der Waals surface area contributed by atoms with Crippen molar-refractivity contribution in [3.05, 3.63) is 51.1 Å². The van der Waals surface area contributed by atoms with Gasteiger partial charge in [-0.1, -0.05) is 52.4 Å². The second-order valence-electron chi connectivity index (χ2n) is 5.99. The average molecular weight is 479 g/mol. The number of carbonyl (C=O) groups excluding carboxylic acids is 2. The van der Waals surface area contributed by atoms with Crippen molar-refractivity contribution in [2.75, 3.05) is 18.4 Å². The van der Waals surface area contributed by atoms with E-state index in [0.29, 0.717) is 23.1 Å². The van der Waals surface area contributed by atoms with E-state index in [1.807, 2.05) is 42.6 Å². The number of hydrogen-bond donors (Lipinski definition) is 1. The van der Waals surface area contributed by atoms with E-state index in [9.17, 15) is 9.59 Å². The van der Waals surface area contributed by atoms with E-state index in [1.54, 1.807) is 11.0 Å². The summed E-state index contributed by atoms with van der Waals surface area (Å²) in [6.45, 7) is 3.00. The van der Waals surface area contributed by atoms with Gasteiger partial charge in [-0.05, 0) is 30.0 Å². The topological polar surface area (TPSA) is 75.2 Å². The predicted molar refractivity (Wildman–Crippen MR) is 117 cm³/mol. The first-order chi connectivity index (χ1) is 13.6. The highest BCUT2D eigenvalue weighted by atomic mass is 79.9. The van der Waals surface area contributed by atoms with Crippen LogP contribution in [0.4, 0.5) is 5.13 Å². The fourth-order valence-electron chi connectivity index (χ4n) is 2.57. The zero-order chi connectivity index (χ0) is 19.9. The van der Waals surface area contributed by atoms with Gasteiger partial charge in [0.25, 0.3) is 5.91 Å². The first kappa shape index (κ1) is 20.6.